The number of nitrogen functional groups attached to an aromatic ring is 1. The van der Waals surface area contributed by atoms with Crippen molar-refractivity contribution in [3.05, 3.63) is 53.6 Å². The second kappa shape index (κ2) is 8.81. The highest BCUT2D eigenvalue weighted by Gasteiger charge is 2.35. The fourth-order valence-corrected chi connectivity index (χ4v) is 3.30. The first kappa shape index (κ1) is 20.4. The Morgan fingerprint density at radius 2 is 1.97 bits per heavy atom. The summed E-state index contributed by atoms with van der Waals surface area (Å²) in [6, 6.07) is 10.6. The number of carbonyl (C=O) groups is 2. The Morgan fingerprint density at radius 1 is 1.24 bits per heavy atom. The van der Waals surface area contributed by atoms with E-state index in [1.54, 1.807) is 30.3 Å². The van der Waals surface area contributed by atoms with Crippen LogP contribution in [0.2, 0.25) is 0 Å². The number of nitrogens with two attached hydrogens (primary N) is 1. The van der Waals surface area contributed by atoms with Crippen molar-refractivity contribution in [1.82, 2.24) is 4.90 Å². The van der Waals surface area contributed by atoms with Gasteiger partial charge in [0.25, 0.3) is 0 Å². The number of carbonyl (C=O) groups excluding carboxylic acids is 2. The summed E-state index contributed by atoms with van der Waals surface area (Å²) in [6.45, 7) is 0.145. The Hall–Kier alpha value is -3.29. The second-order valence-electron chi connectivity index (χ2n) is 6.93. The Kier molecular flexibility index (Phi) is 6.21. The molecule has 2 aromatic carbocycles. The molecule has 1 saturated heterocycles. The van der Waals surface area contributed by atoms with Gasteiger partial charge >= 0.3 is 5.97 Å². The number of esters is 1. The van der Waals surface area contributed by atoms with E-state index in [1.165, 1.54) is 24.1 Å². The minimum absolute atomic E-state index is 0.00902. The van der Waals surface area contributed by atoms with Crippen molar-refractivity contribution in [2.45, 2.75) is 25.1 Å². The third-order valence-electron chi connectivity index (χ3n) is 4.85. The molecule has 1 amide bonds. The highest BCUT2D eigenvalue weighted by Crippen LogP contribution is 2.25. The molecule has 3 rings (SSSR count). The monoisotopic (exact) mass is 402 g/mol. The Morgan fingerprint density at radius 3 is 2.62 bits per heavy atom. The summed E-state index contributed by atoms with van der Waals surface area (Å²) in [5, 5.41) is 9.69. The number of anilines is 1. The number of rotatable bonds is 6. The fraction of sp³-hybridized carbons (Fsp3) is 0.333. The van der Waals surface area contributed by atoms with Crippen LogP contribution in [-0.2, 0) is 16.0 Å². The number of ether oxygens (including phenoxy) is 2. The molecule has 0 bridgehead atoms. The molecule has 0 saturated carbocycles. The first-order chi connectivity index (χ1) is 13.9. The Bertz CT molecular complexity index is 887. The van der Waals surface area contributed by atoms with Crippen LogP contribution >= 0.6 is 0 Å². The first-order valence-electron chi connectivity index (χ1n) is 9.19. The van der Waals surface area contributed by atoms with Crippen LogP contribution in [0.25, 0.3) is 0 Å². The van der Waals surface area contributed by atoms with Crippen molar-refractivity contribution in [1.29, 1.82) is 0 Å². The number of hydrogen-bond donors (Lipinski definition) is 2. The van der Waals surface area contributed by atoms with E-state index in [9.17, 15) is 19.1 Å². The average Bonchev–Trinajstić information content (AvgIpc) is 3.09. The number of likely N-dealkylation sites (tertiary alicyclic amines) is 1. The number of benzene rings is 2. The van der Waals surface area contributed by atoms with Crippen molar-refractivity contribution >= 4 is 17.6 Å². The summed E-state index contributed by atoms with van der Waals surface area (Å²) < 4.78 is 24.3. The van der Waals surface area contributed by atoms with Gasteiger partial charge in [-0.3, -0.25) is 4.79 Å². The second-order valence-corrected chi connectivity index (χ2v) is 6.93. The van der Waals surface area contributed by atoms with Crippen LogP contribution in [0.15, 0.2) is 42.5 Å². The predicted octanol–water partition coefficient (Wildman–Crippen LogP) is 2.32. The van der Waals surface area contributed by atoms with Crippen molar-refractivity contribution in [2.75, 3.05) is 26.0 Å². The lowest BCUT2D eigenvalue weighted by atomic mass is 10.1. The van der Waals surface area contributed by atoms with Gasteiger partial charge in [0.2, 0.25) is 5.91 Å². The van der Waals surface area contributed by atoms with Crippen LogP contribution < -0.4 is 10.5 Å². The van der Waals surface area contributed by atoms with E-state index in [1.807, 2.05) is 0 Å². The molecule has 1 fully saturated rings. The van der Waals surface area contributed by atoms with Gasteiger partial charge in [-0.1, -0.05) is 6.07 Å². The SMILES string of the molecule is COC(=O)c1ccc(OC[C@@H]2C[C@H](F)CN2C(=O)Cc2ccc(N)c(O)c2)cc1. The molecule has 0 aliphatic carbocycles. The number of amides is 1. The number of phenols is 1. The van der Waals surface area contributed by atoms with E-state index in [-0.39, 0.29) is 43.3 Å². The summed E-state index contributed by atoms with van der Waals surface area (Å²) in [5.74, 6) is -0.270. The first-order valence-corrected chi connectivity index (χ1v) is 9.19. The highest BCUT2D eigenvalue weighted by molar-refractivity contribution is 5.89. The molecule has 29 heavy (non-hydrogen) atoms. The number of phenolic OH excluding ortho intramolecular Hbond substituents is 1. The Labute approximate surface area is 167 Å². The predicted molar refractivity (Wildman–Crippen MR) is 105 cm³/mol. The minimum Gasteiger partial charge on any atom is -0.506 e. The van der Waals surface area contributed by atoms with Crippen molar-refractivity contribution in [3.8, 4) is 11.5 Å². The third kappa shape index (κ3) is 4.96. The third-order valence-corrected chi connectivity index (χ3v) is 4.85. The summed E-state index contributed by atoms with van der Waals surface area (Å²) >= 11 is 0. The summed E-state index contributed by atoms with van der Waals surface area (Å²) in [5.41, 5.74) is 6.80. The quantitative estimate of drug-likeness (QED) is 0.437. The molecule has 1 aliphatic heterocycles. The van der Waals surface area contributed by atoms with Crippen LogP contribution in [0.3, 0.4) is 0 Å². The van der Waals surface area contributed by atoms with Gasteiger partial charge in [0.1, 0.15) is 24.3 Å². The van der Waals surface area contributed by atoms with E-state index in [4.69, 9.17) is 10.5 Å². The van der Waals surface area contributed by atoms with Crippen LogP contribution in [0, 0.1) is 0 Å². The van der Waals surface area contributed by atoms with Crippen molar-refractivity contribution in [3.63, 3.8) is 0 Å². The van der Waals surface area contributed by atoms with E-state index in [2.05, 4.69) is 4.74 Å². The molecule has 7 nitrogen and oxygen atoms in total. The van der Waals surface area contributed by atoms with Crippen LogP contribution in [0.4, 0.5) is 10.1 Å². The van der Waals surface area contributed by atoms with Crippen LogP contribution in [0.1, 0.15) is 22.3 Å². The number of methoxy groups -OCH3 is 1. The lowest BCUT2D eigenvalue weighted by molar-refractivity contribution is -0.132. The highest BCUT2D eigenvalue weighted by atomic mass is 19.1. The van der Waals surface area contributed by atoms with Gasteiger partial charge in [0.15, 0.2) is 0 Å². The van der Waals surface area contributed by atoms with E-state index >= 15 is 0 Å². The molecule has 0 spiro atoms. The van der Waals surface area contributed by atoms with E-state index in [0.29, 0.717) is 16.9 Å². The van der Waals surface area contributed by atoms with Gasteiger partial charge in [-0.05, 0) is 42.0 Å². The van der Waals surface area contributed by atoms with Crippen molar-refractivity contribution < 1.29 is 28.6 Å². The number of nitrogens with zero attached hydrogens (tertiary/aromatic N) is 1. The van der Waals surface area contributed by atoms with Gasteiger partial charge in [0.05, 0.1) is 37.4 Å². The average molecular weight is 402 g/mol. The maximum atomic E-state index is 14.0. The van der Waals surface area contributed by atoms with Crippen LogP contribution in [-0.4, -0.2) is 54.4 Å². The molecule has 0 unspecified atom stereocenters. The van der Waals surface area contributed by atoms with E-state index < -0.39 is 18.2 Å². The Balaban J connectivity index is 1.61. The van der Waals surface area contributed by atoms with Gasteiger partial charge in [-0.15, -0.1) is 0 Å². The lowest BCUT2D eigenvalue weighted by Crippen LogP contribution is -2.40. The molecule has 0 aromatic heterocycles. The summed E-state index contributed by atoms with van der Waals surface area (Å²) in [4.78, 5) is 25.6. The van der Waals surface area contributed by atoms with Gasteiger partial charge in [-0.25, -0.2) is 9.18 Å². The zero-order chi connectivity index (χ0) is 21.0. The van der Waals surface area contributed by atoms with Gasteiger partial charge in [0, 0.05) is 6.42 Å². The fourth-order valence-electron chi connectivity index (χ4n) is 3.30. The molecule has 1 heterocycles. The zero-order valence-corrected chi connectivity index (χ0v) is 16.0. The summed E-state index contributed by atoms with van der Waals surface area (Å²) in [6.07, 6.45) is -0.891. The minimum atomic E-state index is -1.12. The summed E-state index contributed by atoms with van der Waals surface area (Å²) in [7, 11) is 1.30. The maximum Gasteiger partial charge on any atom is 0.337 e. The smallest absolute Gasteiger partial charge is 0.337 e. The number of aromatic hydroxyl groups is 1. The van der Waals surface area contributed by atoms with Gasteiger partial charge < -0.3 is 25.2 Å². The molecule has 0 radical (unpaired) electrons. The van der Waals surface area contributed by atoms with Gasteiger partial charge in [-0.2, -0.15) is 0 Å². The molecule has 1 aliphatic rings. The molecule has 2 atom stereocenters. The topological polar surface area (TPSA) is 102 Å². The molecule has 154 valence electrons. The molecule has 8 heteroatoms. The lowest BCUT2D eigenvalue weighted by Gasteiger charge is -2.24. The molecule has 3 N–H and O–H groups in total. The number of alkyl halides is 1. The number of hydrogen-bond acceptors (Lipinski definition) is 6. The standard InChI is InChI=1S/C21H23FN2O5/c1-28-21(27)14-3-5-17(6-4-14)29-12-16-10-15(22)11-24(16)20(26)9-13-2-7-18(23)19(25)8-13/h2-8,15-16,25H,9-12,23H2,1H3/t15-,16-/m0/s1. The maximum absolute atomic E-state index is 14.0. The molecule has 2 aromatic rings. The molecular formula is C21H23FN2O5. The normalized spacial score (nSPS) is 18.5. The largest absolute Gasteiger partial charge is 0.506 e. The number of halogens is 1. The van der Waals surface area contributed by atoms with E-state index in [0.717, 1.165) is 0 Å². The molecular weight excluding hydrogens is 379 g/mol. The zero-order valence-electron chi connectivity index (χ0n) is 16.0. The van der Waals surface area contributed by atoms with Crippen LogP contribution in [0.5, 0.6) is 11.5 Å². The van der Waals surface area contributed by atoms with Crippen molar-refractivity contribution in [2.24, 2.45) is 0 Å².